The van der Waals surface area contributed by atoms with Crippen molar-refractivity contribution in [3.8, 4) is 11.3 Å². The van der Waals surface area contributed by atoms with Crippen molar-refractivity contribution in [2.45, 2.75) is 41.0 Å². The van der Waals surface area contributed by atoms with Crippen LogP contribution < -0.4 is 15.9 Å². The number of allylic oxidation sites excluding steroid dienone is 4. The molecule has 0 aliphatic carbocycles. The average molecular weight is 546 g/mol. The number of anilines is 1. The summed E-state index contributed by atoms with van der Waals surface area (Å²) in [6.45, 7) is 23.0. The summed E-state index contributed by atoms with van der Waals surface area (Å²) in [4.78, 5) is 19.8. The summed E-state index contributed by atoms with van der Waals surface area (Å²) in [6, 6.07) is 10.6. The van der Waals surface area contributed by atoms with E-state index >= 15 is 0 Å². The fraction of sp³-hybridized carbons (Fsp3) is 0.206. The fourth-order valence-corrected chi connectivity index (χ4v) is 5.83. The van der Waals surface area contributed by atoms with Gasteiger partial charge in [0.05, 0.1) is 40.5 Å². The highest BCUT2D eigenvalue weighted by atomic mass is 32.1. The number of H-pyrrole nitrogens is 1. The van der Waals surface area contributed by atoms with E-state index in [2.05, 4.69) is 104 Å². The van der Waals surface area contributed by atoms with Crippen LogP contribution in [0.4, 0.5) is 5.69 Å². The van der Waals surface area contributed by atoms with Gasteiger partial charge in [0, 0.05) is 49.3 Å². The quantitative estimate of drug-likeness (QED) is 0.212. The maximum atomic E-state index is 4.78. The van der Waals surface area contributed by atoms with Gasteiger partial charge in [-0.2, -0.15) is 0 Å². The topological polar surface area (TPSA) is 66.0 Å². The first-order valence-corrected chi connectivity index (χ1v) is 14.1. The average Bonchev–Trinajstić information content (AvgIpc) is 3.50. The lowest BCUT2D eigenvalue weighted by Gasteiger charge is -2.20. The molecule has 0 bridgehead atoms. The number of aryl methyl sites for hydroxylation is 1. The second-order valence-corrected chi connectivity index (χ2v) is 12.5. The second kappa shape index (κ2) is 10.7. The van der Waals surface area contributed by atoms with Crippen molar-refractivity contribution >= 4 is 33.9 Å². The van der Waals surface area contributed by atoms with Gasteiger partial charge in [0.2, 0.25) is 0 Å². The van der Waals surface area contributed by atoms with Gasteiger partial charge in [-0.25, -0.2) is 4.99 Å². The molecule has 5 rings (SSSR count). The first-order chi connectivity index (χ1) is 19.0. The summed E-state index contributed by atoms with van der Waals surface area (Å²) < 4.78 is 0. The predicted molar refractivity (Wildman–Crippen MR) is 169 cm³/mol. The molecule has 5 heterocycles. The van der Waals surface area contributed by atoms with E-state index < -0.39 is 0 Å². The van der Waals surface area contributed by atoms with Crippen LogP contribution in [0.2, 0.25) is 0 Å². The number of pyridine rings is 2. The summed E-state index contributed by atoms with van der Waals surface area (Å²) >= 11 is 1.74. The molecule has 4 aromatic heterocycles. The zero-order chi connectivity index (χ0) is 28.6. The van der Waals surface area contributed by atoms with Crippen LogP contribution in [0, 0.1) is 12.3 Å². The molecule has 0 atom stereocenters. The van der Waals surface area contributed by atoms with Crippen molar-refractivity contribution in [1.29, 1.82) is 0 Å². The van der Waals surface area contributed by atoms with Crippen LogP contribution in [-0.2, 0) is 0 Å². The third-order valence-electron chi connectivity index (χ3n) is 6.61. The molecule has 2 N–H and O–H groups in total. The molecule has 0 unspecified atom stereocenters. The molecule has 0 aromatic carbocycles. The monoisotopic (exact) mass is 545 g/mol. The third kappa shape index (κ3) is 5.68. The number of thiophene rings is 1. The standard InChI is InChI=1S/C34H35N5S/c1-9-10-25(32-12-11-31(40-32)20(2)3)26-14-29(38-22(26)5)33-27-15-28(36-19-30(27)39-33)23-13-24(18-35-17-23)37-21(4)16-34(6,7)8/h9-15,17-19,37-38H,1-2,4,16H2,3,5-8H3/b25-10+. The fourth-order valence-electron chi connectivity index (χ4n) is 4.85. The van der Waals surface area contributed by atoms with E-state index in [1.165, 1.54) is 9.75 Å². The molecule has 0 amide bonds. The van der Waals surface area contributed by atoms with Gasteiger partial charge < -0.3 is 10.3 Å². The molecular weight excluding hydrogens is 510 g/mol. The predicted octanol–water partition coefficient (Wildman–Crippen LogP) is 7.64. The number of nitrogens with zero attached hydrogens (tertiary/aromatic N) is 3. The maximum absolute atomic E-state index is 4.78. The molecule has 40 heavy (non-hydrogen) atoms. The van der Waals surface area contributed by atoms with Crippen LogP contribution in [-0.4, -0.2) is 15.0 Å². The van der Waals surface area contributed by atoms with Gasteiger partial charge in [-0.15, -0.1) is 11.3 Å². The minimum absolute atomic E-state index is 0.157. The largest absolute Gasteiger partial charge is 0.358 e. The van der Waals surface area contributed by atoms with Gasteiger partial charge in [-0.1, -0.05) is 52.7 Å². The van der Waals surface area contributed by atoms with Crippen LogP contribution in [0.25, 0.3) is 28.1 Å². The van der Waals surface area contributed by atoms with E-state index in [4.69, 9.17) is 4.99 Å². The minimum atomic E-state index is 0.157. The smallest absolute Gasteiger partial charge is 0.0968 e. The zero-order valence-corrected chi connectivity index (χ0v) is 24.7. The van der Waals surface area contributed by atoms with Crippen LogP contribution in [0.15, 0.2) is 91.5 Å². The van der Waals surface area contributed by atoms with E-state index in [1.807, 2.05) is 31.6 Å². The lowest BCUT2D eigenvalue weighted by molar-refractivity contribution is 0.411. The Balaban J connectivity index is 1.47. The Bertz CT molecular complexity index is 1810. The molecule has 1 aliphatic rings. The van der Waals surface area contributed by atoms with Crippen molar-refractivity contribution in [1.82, 2.24) is 15.0 Å². The summed E-state index contributed by atoms with van der Waals surface area (Å²) in [5, 5.41) is 5.37. The first-order valence-electron chi connectivity index (χ1n) is 13.3. The summed E-state index contributed by atoms with van der Waals surface area (Å²) in [5.74, 6) is 0. The summed E-state index contributed by atoms with van der Waals surface area (Å²) in [6.07, 6.45) is 10.3. The molecule has 0 radical (unpaired) electrons. The van der Waals surface area contributed by atoms with Crippen molar-refractivity contribution < 1.29 is 0 Å². The highest BCUT2D eigenvalue weighted by molar-refractivity contribution is 7.14. The number of nitrogens with one attached hydrogen (secondary N) is 2. The number of aromatic nitrogens is 3. The molecule has 4 aromatic rings. The third-order valence-corrected chi connectivity index (χ3v) is 7.89. The molecule has 0 saturated heterocycles. The van der Waals surface area contributed by atoms with E-state index in [0.717, 1.165) is 73.4 Å². The molecule has 0 saturated carbocycles. The van der Waals surface area contributed by atoms with E-state index in [1.54, 1.807) is 11.3 Å². The Hall–Kier alpha value is -4.29. The second-order valence-electron chi connectivity index (χ2n) is 11.5. The van der Waals surface area contributed by atoms with Crippen LogP contribution in [0.3, 0.4) is 0 Å². The van der Waals surface area contributed by atoms with Crippen LogP contribution in [0.5, 0.6) is 0 Å². The highest BCUT2D eigenvalue weighted by Gasteiger charge is 2.19. The van der Waals surface area contributed by atoms with Gasteiger partial charge in [0.25, 0.3) is 0 Å². The minimum Gasteiger partial charge on any atom is -0.358 e. The van der Waals surface area contributed by atoms with Crippen molar-refractivity contribution in [3.05, 3.63) is 124 Å². The highest BCUT2D eigenvalue weighted by Crippen LogP contribution is 2.35. The Morgan fingerprint density at radius 1 is 1.07 bits per heavy atom. The van der Waals surface area contributed by atoms with Gasteiger partial charge in [0.1, 0.15) is 0 Å². The van der Waals surface area contributed by atoms with Gasteiger partial charge in [-0.05, 0) is 61.6 Å². The maximum Gasteiger partial charge on any atom is 0.0968 e. The summed E-state index contributed by atoms with van der Waals surface area (Å²) in [5.41, 5.74) is 10.1. The molecule has 1 aliphatic heterocycles. The van der Waals surface area contributed by atoms with Crippen LogP contribution in [0.1, 0.15) is 60.8 Å². The van der Waals surface area contributed by atoms with E-state index in [0.29, 0.717) is 0 Å². The molecular formula is C34H35N5S. The number of hydrogen-bond donors (Lipinski definition) is 2. The zero-order valence-electron chi connectivity index (χ0n) is 23.9. The number of hydrogen-bond acceptors (Lipinski definition) is 5. The molecule has 0 spiro atoms. The summed E-state index contributed by atoms with van der Waals surface area (Å²) in [7, 11) is 0. The SMILES string of the molecule is C=C/C=C(/c1ccc(C(=C)C)s1)c1cc(C2=c3cc(-c4cncc(NC(=C)CC(C)(C)C)c4)ncc3=N2)[nH]c1C. The van der Waals surface area contributed by atoms with Crippen molar-refractivity contribution in [2.24, 2.45) is 10.4 Å². The van der Waals surface area contributed by atoms with Gasteiger partial charge in [0.15, 0.2) is 0 Å². The van der Waals surface area contributed by atoms with Crippen LogP contribution >= 0.6 is 11.3 Å². The Kier molecular flexibility index (Phi) is 7.30. The normalized spacial score (nSPS) is 12.8. The number of aromatic amines is 1. The van der Waals surface area contributed by atoms with Crippen molar-refractivity contribution in [3.63, 3.8) is 0 Å². The Labute approximate surface area is 240 Å². The molecule has 5 nitrogen and oxygen atoms in total. The Morgan fingerprint density at radius 2 is 1.85 bits per heavy atom. The lowest BCUT2D eigenvalue weighted by Crippen LogP contribution is -2.36. The molecule has 6 heteroatoms. The van der Waals surface area contributed by atoms with E-state index in [9.17, 15) is 0 Å². The lowest BCUT2D eigenvalue weighted by atomic mass is 9.91. The van der Waals surface area contributed by atoms with Gasteiger partial charge >= 0.3 is 0 Å². The number of fused-ring (bicyclic) bond motifs is 1. The Morgan fingerprint density at radius 3 is 2.55 bits per heavy atom. The molecule has 0 fully saturated rings. The van der Waals surface area contributed by atoms with Crippen molar-refractivity contribution in [2.75, 3.05) is 5.32 Å². The first kappa shape index (κ1) is 27.3. The molecule has 202 valence electrons. The van der Waals surface area contributed by atoms with E-state index in [-0.39, 0.29) is 5.41 Å². The number of rotatable bonds is 9. The van der Waals surface area contributed by atoms with Gasteiger partial charge in [-0.3, -0.25) is 9.97 Å².